The first-order valence-corrected chi connectivity index (χ1v) is 5.50. The van der Waals surface area contributed by atoms with Crippen molar-refractivity contribution in [3.8, 4) is 0 Å². The molecule has 0 saturated heterocycles. The van der Waals surface area contributed by atoms with E-state index in [1.807, 2.05) is 32.9 Å². The summed E-state index contributed by atoms with van der Waals surface area (Å²) >= 11 is 0. The number of nitrogens with zero attached hydrogens (tertiary/aromatic N) is 3. The molecule has 0 aliphatic rings. The summed E-state index contributed by atoms with van der Waals surface area (Å²) < 4.78 is 0. The van der Waals surface area contributed by atoms with Crippen LogP contribution in [0.4, 0.5) is 0 Å². The van der Waals surface area contributed by atoms with Crippen molar-refractivity contribution < 1.29 is 55.8 Å². The van der Waals surface area contributed by atoms with Crippen LogP contribution >= 0.6 is 0 Å². The van der Waals surface area contributed by atoms with Gasteiger partial charge in [-0.05, 0) is 38.5 Å². The molecule has 1 aromatic heterocycles. The summed E-state index contributed by atoms with van der Waals surface area (Å²) in [5, 5.41) is 8.26. The van der Waals surface area contributed by atoms with Crippen molar-refractivity contribution in [3.05, 3.63) is 29.1 Å². The van der Waals surface area contributed by atoms with Gasteiger partial charge in [-0.25, -0.2) is 4.98 Å². The Bertz CT molecular complexity index is 428. The van der Waals surface area contributed by atoms with Gasteiger partial charge in [-0.3, -0.25) is 0 Å². The third kappa shape index (κ3) is 9.22. The van der Waals surface area contributed by atoms with Crippen LogP contribution in [0.1, 0.15) is 30.8 Å². The summed E-state index contributed by atoms with van der Waals surface area (Å²) in [7, 11) is 3.54. The summed E-state index contributed by atoms with van der Waals surface area (Å²) in [6.07, 6.45) is 0. The normalized spacial score (nSPS) is 10.1. The van der Waals surface area contributed by atoms with Crippen LogP contribution in [0.15, 0.2) is 22.3 Å². The van der Waals surface area contributed by atoms with E-state index in [4.69, 9.17) is 0 Å². The zero-order valence-corrected chi connectivity index (χ0v) is 16.2. The summed E-state index contributed by atoms with van der Waals surface area (Å²) in [5.74, 6) is 0. The van der Waals surface area contributed by atoms with E-state index in [0.29, 0.717) is 0 Å². The molecule has 0 aliphatic heterocycles. The summed E-state index contributed by atoms with van der Waals surface area (Å²) in [6.45, 7) is 5.88. The van der Waals surface area contributed by atoms with Crippen molar-refractivity contribution in [1.29, 1.82) is 0 Å². The maximum absolute atomic E-state index is 4.53. The number of aryl methyl sites for hydroxylation is 1. The van der Waals surface area contributed by atoms with E-state index in [0.717, 1.165) is 28.4 Å². The number of rotatable bonds is 4. The van der Waals surface area contributed by atoms with E-state index in [1.54, 1.807) is 14.1 Å². The first-order chi connectivity index (χ1) is 8.08. The van der Waals surface area contributed by atoms with E-state index < -0.39 is 0 Å². The maximum atomic E-state index is 4.53. The van der Waals surface area contributed by atoms with Crippen LogP contribution in [0.3, 0.4) is 0 Å². The molecule has 0 unspecified atom stereocenters. The quantitative estimate of drug-likeness (QED) is 0.397. The number of halogens is 3. The molecule has 0 saturated carbocycles. The van der Waals surface area contributed by atoms with Gasteiger partial charge in [0.1, 0.15) is 0 Å². The van der Waals surface area contributed by atoms with Crippen LogP contribution in [-0.2, 0) is 18.6 Å². The minimum absolute atomic E-state index is 0. The smallest absolute Gasteiger partial charge is 1.00 e. The average molecular weight is 391 g/mol. The standard InChI is InChI=1S/C12H19N5.3ClH.V/c1-8-6-11(9(2)16-13-4)15-12(7-8)10(3)17-14-5;;;;/h6-7,13-14H,1-5H3;3*1H;/q;;;;+3/p-3. The van der Waals surface area contributed by atoms with Gasteiger partial charge >= 0.3 is 18.6 Å². The number of aromatic nitrogens is 1. The second-order valence-corrected chi connectivity index (χ2v) is 3.76. The third-order valence-corrected chi connectivity index (χ3v) is 2.27. The largest absolute Gasteiger partial charge is 3.00 e. The Balaban J connectivity index is -0.000000361. The van der Waals surface area contributed by atoms with Crippen molar-refractivity contribution in [3.63, 3.8) is 0 Å². The molecule has 2 N–H and O–H groups in total. The third-order valence-electron chi connectivity index (χ3n) is 2.27. The molecule has 0 radical (unpaired) electrons. The van der Waals surface area contributed by atoms with Crippen LogP contribution in [0.5, 0.6) is 0 Å². The molecule has 0 aromatic carbocycles. The molecule has 0 spiro atoms. The Kier molecular flexibility index (Phi) is 19.8. The first-order valence-electron chi connectivity index (χ1n) is 5.50. The van der Waals surface area contributed by atoms with Crippen LogP contribution in [0, 0.1) is 6.92 Å². The Morgan fingerprint density at radius 1 is 0.905 bits per heavy atom. The van der Waals surface area contributed by atoms with Crippen LogP contribution in [-0.4, -0.2) is 30.5 Å². The predicted molar refractivity (Wildman–Crippen MR) is 71.5 cm³/mol. The zero-order chi connectivity index (χ0) is 12.8. The number of hydrogen-bond acceptors (Lipinski definition) is 5. The monoisotopic (exact) mass is 389 g/mol. The number of nitrogens with one attached hydrogen (secondary N) is 2. The molecular formula is C12H19Cl3N5V. The van der Waals surface area contributed by atoms with Crippen molar-refractivity contribution in [2.75, 3.05) is 14.1 Å². The Morgan fingerprint density at radius 2 is 1.24 bits per heavy atom. The Labute approximate surface area is 157 Å². The van der Waals surface area contributed by atoms with Crippen molar-refractivity contribution in [2.45, 2.75) is 20.8 Å². The van der Waals surface area contributed by atoms with E-state index in [9.17, 15) is 0 Å². The molecule has 21 heavy (non-hydrogen) atoms. The summed E-state index contributed by atoms with van der Waals surface area (Å²) in [5.41, 5.74) is 10.1. The minimum atomic E-state index is 0. The molecule has 0 amide bonds. The van der Waals surface area contributed by atoms with Gasteiger partial charge in [0, 0.05) is 14.1 Å². The molecule has 0 aliphatic carbocycles. The van der Waals surface area contributed by atoms with Crippen LogP contribution in [0.2, 0.25) is 0 Å². The number of pyridine rings is 1. The Morgan fingerprint density at radius 3 is 1.52 bits per heavy atom. The van der Waals surface area contributed by atoms with E-state index >= 15 is 0 Å². The first kappa shape index (κ1) is 28.7. The van der Waals surface area contributed by atoms with E-state index in [1.165, 1.54) is 0 Å². The van der Waals surface area contributed by atoms with Gasteiger partial charge in [0.05, 0.1) is 22.8 Å². The number of hydrazone groups is 2. The maximum Gasteiger partial charge on any atom is 3.00 e. The second kappa shape index (κ2) is 14.5. The van der Waals surface area contributed by atoms with Gasteiger partial charge in [0.2, 0.25) is 0 Å². The molecule has 0 fully saturated rings. The number of hydrogen-bond donors (Lipinski definition) is 2. The Hall–Kier alpha value is -0.456. The molecule has 0 bridgehead atoms. The molecule has 5 nitrogen and oxygen atoms in total. The van der Waals surface area contributed by atoms with Crippen LogP contribution < -0.4 is 48.1 Å². The SMILES string of the molecule is CNN=C(C)c1cc(C)cc(C(C)=NNC)n1.[Cl-].[Cl-].[Cl-].[V+3]. The molecule has 118 valence electrons. The van der Waals surface area contributed by atoms with Gasteiger partial charge in [-0.1, -0.05) is 0 Å². The zero-order valence-electron chi connectivity index (χ0n) is 12.6. The summed E-state index contributed by atoms with van der Waals surface area (Å²) in [6, 6.07) is 4.01. The second-order valence-electron chi connectivity index (χ2n) is 3.76. The topological polar surface area (TPSA) is 61.7 Å². The van der Waals surface area contributed by atoms with Gasteiger partial charge in [0.25, 0.3) is 0 Å². The fraction of sp³-hybridized carbons (Fsp3) is 0.417. The van der Waals surface area contributed by atoms with Gasteiger partial charge < -0.3 is 48.1 Å². The molecule has 1 heterocycles. The molecule has 0 atom stereocenters. The predicted octanol–water partition coefficient (Wildman–Crippen LogP) is -7.71. The van der Waals surface area contributed by atoms with Gasteiger partial charge in [-0.2, -0.15) is 10.2 Å². The molecule has 9 heteroatoms. The fourth-order valence-electron chi connectivity index (χ4n) is 1.49. The van der Waals surface area contributed by atoms with Gasteiger partial charge in [0.15, 0.2) is 0 Å². The van der Waals surface area contributed by atoms with Crippen molar-refractivity contribution in [2.24, 2.45) is 10.2 Å². The van der Waals surface area contributed by atoms with Gasteiger partial charge in [-0.15, -0.1) is 0 Å². The van der Waals surface area contributed by atoms with Crippen molar-refractivity contribution >= 4 is 11.4 Å². The molecule has 1 aromatic rings. The van der Waals surface area contributed by atoms with E-state index in [-0.39, 0.29) is 55.8 Å². The average Bonchev–Trinajstić information content (AvgIpc) is 2.29. The van der Waals surface area contributed by atoms with Crippen LogP contribution in [0.25, 0.3) is 0 Å². The van der Waals surface area contributed by atoms with Crippen molar-refractivity contribution in [1.82, 2.24) is 15.8 Å². The minimum Gasteiger partial charge on any atom is -1.00 e. The summed E-state index contributed by atoms with van der Waals surface area (Å²) in [4.78, 5) is 4.53. The fourth-order valence-corrected chi connectivity index (χ4v) is 1.49. The van der Waals surface area contributed by atoms with E-state index in [2.05, 4.69) is 26.0 Å². The molecular weight excluding hydrogens is 371 g/mol. The molecule has 1 rings (SSSR count).